The zero-order chi connectivity index (χ0) is 16.8. The normalized spacial score (nSPS) is 17.1. The third kappa shape index (κ3) is 2.12. The topological polar surface area (TPSA) is 90.4 Å². The highest BCUT2D eigenvalue weighted by Gasteiger charge is 2.33. The Balaban J connectivity index is 1.98. The number of rotatable bonds is 2. The van der Waals surface area contributed by atoms with Crippen molar-refractivity contribution in [3.05, 3.63) is 56.2 Å². The van der Waals surface area contributed by atoms with Crippen molar-refractivity contribution in [1.29, 1.82) is 0 Å². The highest BCUT2D eigenvalue weighted by Crippen LogP contribution is 2.32. The molecule has 4 rings (SSSR count). The number of quaternary nitrogens is 1. The molecule has 0 radical (unpaired) electrons. The van der Waals surface area contributed by atoms with Gasteiger partial charge in [0.15, 0.2) is 10.8 Å². The minimum Gasteiger partial charge on any atom is -0.494 e. The van der Waals surface area contributed by atoms with E-state index in [1.54, 1.807) is 4.57 Å². The number of benzene rings is 1. The van der Waals surface area contributed by atoms with Crippen molar-refractivity contribution in [3.8, 4) is 5.88 Å². The van der Waals surface area contributed by atoms with Crippen LogP contribution in [0.15, 0.2) is 29.1 Å². The van der Waals surface area contributed by atoms with Gasteiger partial charge in [0.05, 0.1) is 12.2 Å². The molecule has 1 aliphatic rings. The highest BCUT2D eigenvalue weighted by molar-refractivity contribution is 7.71. The van der Waals surface area contributed by atoms with Crippen LogP contribution in [0, 0.1) is 4.77 Å². The van der Waals surface area contributed by atoms with Crippen LogP contribution in [0.4, 0.5) is 0 Å². The zero-order valence-corrected chi connectivity index (χ0v) is 14.1. The van der Waals surface area contributed by atoms with Gasteiger partial charge < -0.3 is 15.4 Å². The van der Waals surface area contributed by atoms with Gasteiger partial charge in [0.25, 0.3) is 5.56 Å². The molecule has 0 fully saturated rings. The minimum atomic E-state index is -0.324. The van der Waals surface area contributed by atoms with Crippen LogP contribution in [-0.4, -0.2) is 26.2 Å². The van der Waals surface area contributed by atoms with Gasteiger partial charge >= 0.3 is 0 Å². The maximum atomic E-state index is 12.5. The fourth-order valence-corrected chi connectivity index (χ4v) is 3.99. The summed E-state index contributed by atoms with van der Waals surface area (Å²) < 4.78 is 1.80. The van der Waals surface area contributed by atoms with Crippen LogP contribution < -0.4 is 10.9 Å². The van der Waals surface area contributed by atoms with Crippen molar-refractivity contribution >= 4 is 23.1 Å². The molecule has 0 aliphatic carbocycles. The fourth-order valence-electron chi connectivity index (χ4n) is 3.68. The van der Waals surface area contributed by atoms with Gasteiger partial charge in [-0.3, -0.25) is 14.3 Å². The number of H-pyrrole nitrogens is 2. The summed E-state index contributed by atoms with van der Waals surface area (Å²) in [6, 6.07) is 7.87. The van der Waals surface area contributed by atoms with E-state index in [0.717, 1.165) is 24.2 Å². The predicted molar refractivity (Wildman–Crippen MR) is 93.9 cm³/mol. The number of aromatic hydroxyl groups is 1. The Bertz CT molecular complexity index is 1050. The number of aromatic amines is 2. The molecule has 1 aromatic carbocycles. The minimum absolute atomic E-state index is 0.0426. The van der Waals surface area contributed by atoms with Crippen LogP contribution in [0.25, 0.3) is 10.9 Å². The number of nitrogens with zero attached hydrogens (tertiary/aromatic N) is 1. The molecular weight excluding hydrogens is 324 g/mol. The lowest BCUT2D eigenvalue weighted by atomic mass is 9.95. The maximum Gasteiger partial charge on any atom is 0.265 e. The van der Waals surface area contributed by atoms with Gasteiger partial charge in [-0.05, 0) is 30.8 Å². The Labute approximate surface area is 143 Å². The predicted octanol–water partition coefficient (Wildman–Crippen LogP) is 1.32. The van der Waals surface area contributed by atoms with Crippen LogP contribution in [0.5, 0.6) is 5.88 Å². The van der Waals surface area contributed by atoms with E-state index < -0.39 is 0 Å². The van der Waals surface area contributed by atoms with Crippen molar-refractivity contribution in [2.24, 2.45) is 0 Å². The van der Waals surface area contributed by atoms with E-state index in [0.29, 0.717) is 12.1 Å². The summed E-state index contributed by atoms with van der Waals surface area (Å²) in [5.74, 6) is -0.0426. The molecule has 1 atom stereocenters. The second-order valence-electron chi connectivity index (χ2n) is 6.06. The van der Waals surface area contributed by atoms with Crippen LogP contribution in [0.3, 0.4) is 0 Å². The van der Waals surface area contributed by atoms with Gasteiger partial charge in [0.2, 0.25) is 5.88 Å². The van der Waals surface area contributed by atoms with Crippen molar-refractivity contribution in [2.45, 2.75) is 25.9 Å². The number of nitrogens with one attached hydrogen (secondary N) is 2. The summed E-state index contributed by atoms with van der Waals surface area (Å²) in [4.78, 5) is 18.7. The fraction of sp³-hybridized carbons (Fsp3) is 0.294. The average molecular weight is 343 g/mol. The second-order valence-corrected chi connectivity index (χ2v) is 6.44. The molecule has 1 aliphatic heterocycles. The molecular formula is C17H19N4O2S+. The molecule has 3 heterocycles. The molecule has 7 heteroatoms. The number of para-hydroxylation sites is 1. The van der Waals surface area contributed by atoms with E-state index in [4.69, 9.17) is 12.2 Å². The SMILES string of the molecule is CCn1c(O)c([C@H]2[NH2+]CCc3c2[nH]c2ccccc32)c(=O)[nH]c1=S. The smallest absolute Gasteiger partial charge is 0.265 e. The van der Waals surface area contributed by atoms with E-state index in [-0.39, 0.29) is 22.3 Å². The molecule has 0 spiro atoms. The van der Waals surface area contributed by atoms with Gasteiger partial charge in [-0.1, -0.05) is 18.2 Å². The van der Waals surface area contributed by atoms with Crippen molar-refractivity contribution in [1.82, 2.24) is 14.5 Å². The van der Waals surface area contributed by atoms with Gasteiger partial charge in [0.1, 0.15) is 5.56 Å². The maximum absolute atomic E-state index is 12.5. The number of aromatic nitrogens is 3. The standard InChI is InChI=1S/C17H18N4O2S/c1-2-21-16(23)12(15(22)20-17(21)24)14-13-10(7-8-18-14)9-5-3-4-6-11(9)19-13/h3-6,14,18-19,23H,2,7-8H2,1H3,(H,20,22,24)/p+1/t14-/m1/s1. The summed E-state index contributed by atoms with van der Waals surface area (Å²) >= 11 is 5.15. The molecule has 0 saturated heterocycles. The van der Waals surface area contributed by atoms with E-state index in [2.05, 4.69) is 21.4 Å². The van der Waals surface area contributed by atoms with Crippen LogP contribution in [0.2, 0.25) is 0 Å². The van der Waals surface area contributed by atoms with E-state index >= 15 is 0 Å². The number of nitrogens with two attached hydrogens (primary N) is 1. The Morgan fingerprint density at radius 3 is 2.96 bits per heavy atom. The molecule has 0 amide bonds. The molecule has 24 heavy (non-hydrogen) atoms. The third-order valence-corrected chi connectivity index (χ3v) is 5.11. The quantitative estimate of drug-likeness (QED) is 0.529. The molecule has 2 aromatic heterocycles. The summed E-state index contributed by atoms with van der Waals surface area (Å²) in [7, 11) is 0. The van der Waals surface area contributed by atoms with E-state index in [9.17, 15) is 9.90 Å². The first-order chi connectivity index (χ1) is 11.6. The highest BCUT2D eigenvalue weighted by atomic mass is 32.1. The molecule has 5 N–H and O–H groups in total. The Morgan fingerprint density at radius 1 is 1.38 bits per heavy atom. The molecule has 6 nitrogen and oxygen atoms in total. The lowest BCUT2D eigenvalue weighted by Gasteiger charge is -2.22. The molecule has 0 unspecified atom stereocenters. The summed E-state index contributed by atoms with van der Waals surface area (Å²) in [6.45, 7) is 3.25. The van der Waals surface area contributed by atoms with Gasteiger partial charge in [-0.25, -0.2) is 0 Å². The average Bonchev–Trinajstić information content (AvgIpc) is 2.94. The van der Waals surface area contributed by atoms with Crippen LogP contribution in [-0.2, 0) is 13.0 Å². The molecule has 3 aromatic rings. The lowest BCUT2D eigenvalue weighted by molar-refractivity contribution is -0.690. The largest absolute Gasteiger partial charge is 0.494 e. The number of fused-ring (bicyclic) bond motifs is 3. The second kappa shape index (κ2) is 5.61. The van der Waals surface area contributed by atoms with Crippen molar-refractivity contribution < 1.29 is 10.4 Å². The van der Waals surface area contributed by atoms with Gasteiger partial charge in [-0.15, -0.1) is 0 Å². The Kier molecular flexibility index (Phi) is 3.54. The van der Waals surface area contributed by atoms with Crippen LogP contribution in [0.1, 0.15) is 29.8 Å². The zero-order valence-electron chi connectivity index (χ0n) is 13.3. The first kappa shape index (κ1) is 15.2. The lowest BCUT2D eigenvalue weighted by Crippen LogP contribution is -2.87. The summed E-state index contributed by atoms with van der Waals surface area (Å²) in [6.07, 6.45) is 0.932. The Morgan fingerprint density at radius 2 is 2.17 bits per heavy atom. The van der Waals surface area contributed by atoms with Gasteiger partial charge in [-0.2, -0.15) is 0 Å². The molecule has 0 saturated carbocycles. The molecule has 0 bridgehead atoms. The Hall–Kier alpha value is -2.38. The van der Waals surface area contributed by atoms with Crippen LogP contribution >= 0.6 is 12.2 Å². The third-order valence-electron chi connectivity index (χ3n) is 4.79. The first-order valence-electron chi connectivity index (χ1n) is 8.10. The number of hydrogen-bond donors (Lipinski definition) is 4. The van der Waals surface area contributed by atoms with Crippen molar-refractivity contribution in [2.75, 3.05) is 6.54 Å². The summed E-state index contributed by atoms with van der Waals surface area (Å²) in [5.41, 5.74) is 3.31. The van der Waals surface area contributed by atoms with E-state index in [1.807, 2.05) is 25.1 Å². The number of hydrogen-bond acceptors (Lipinski definition) is 3. The summed E-state index contributed by atoms with van der Waals surface area (Å²) in [5, 5.41) is 13.9. The van der Waals surface area contributed by atoms with Gasteiger partial charge in [0, 0.05) is 23.9 Å². The van der Waals surface area contributed by atoms with Crippen molar-refractivity contribution in [3.63, 3.8) is 0 Å². The van der Waals surface area contributed by atoms with E-state index in [1.165, 1.54) is 10.9 Å². The monoisotopic (exact) mass is 343 g/mol. The molecule has 124 valence electrons. The first-order valence-corrected chi connectivity index (χ1v) is 8.51.